The van der Waals surface area contributed by atoms with Crippen molar-refractivity contribution < 1.29 is 19.1 Å². The van der Waals surface area contributed by atoms with Gasteiger partial charge < -0.3 is 15.0 Å². The van der Waals surface area contributed by atoms with Gasteiger partial charge in [-0.2, -0.15) is 0 Å². The number of para-hydroxylation sites is 1. The number of anilines is 1. The van der Waals surface area contributed by atoms with Gasteiger partial charge in [-0.05, 0) is 38.8 Å². The molecule has 1 N–H and O–H groups in total. The number of benzene rings is 1. The summed E-state index contributed by atoms with van der Waals surface area (Å²) in [6.45, 7) is 7.54. The van der Waals surface area contributed by atoms with Crippen molar-refractivity contribution in [1.29, 1.82) is 0 Å². The number of amides is 2. The fraction of sp³-hybridized carbons (Fsp3) is 0.526. The van der Waals surface area contributed by atoms with E-state index in [1.165, 1.54) is 0 Å². The van der Waals surface area contributed by atoms with E-state index in [0.717, 1.165) is 17.7 Å². The number of rotatable bonds is 5. The number of carbonyl (C=O) groups excluding carboxylic acids is 3. The molecule has 6 nitrogen and oxygen atoms in total. The highest BCUT2D eigenvalue weighted by Gasteiger charge is 2.37. The second-order valence-electron chi connectivity index (χ2n) is 7.29. The first-order chi connectivity index (χ1) is 11.7. The van der Waals surface area contributed by atoms with Crippen LogP contribution >= 0.6 is 0 Å². The van der Waals surface area contributed by atoms with E-state index in [-0.39, 0.29) is 36.9 Å². The molecule has 25 heavy (non-hydrogen) atoms. The van der Waals surface area contributed by atoms with Crippen LogP contribution in [0.3, 0.4) is 0 Å². The Morgan fingerprint density at radius 1 is 1.28 bits per heavy atom. The van der Waals surface area contributed by atoms with Gasteiger partial charge in [-0.25, -0.2) is 0 Å². The van der Waals surface area contributed by atoms with Crippen molar-refractivity contribution in [1.82, 2.24) is 5.32 Å². The predicted molar refractivity (Wildman–Crippen MR) is 95.1 cm³/mol. The summed E-state index contributed by atoms with van der Waals surface area (Å²) in [6.07, 6.45) is 0.916. The maximum absolute atomic E-state index is 12.3. The molecule has 0 bridgehead atoms. The zero-order chi connectivity index (χ0) is 18.6. The number of aryl methyl sites for hydroxylation is 1. The Morgan fingerprint density at radius 3 is 2.60 bits per heavy atom. The Labute approximate surface area is 148 Å². The Kier molecular flexibility index (Phi) is 5.82. The van der Waals surface area contributed by atoms with E-state index < -0.39 is 11.9 Å². The molecule has 2 rings (SSSR count). The Hall–Kier alpha value is -2.37. The molecule has 0 aliphatic carbocycles. The van der Waals surface area contributed by atoms with Crippen LogP contribution in [0.5, 0.6) is 0 Å². The van der Waals surface area contributed by atoms with Gasteiger partial charge in [-0.1, -0.05) is 25.1 Å². The smallest absolute Gasteiger partial charge is 0.311 e. The normalized spacial score (nSPS) is 17.5. The summed E-state index contributed by atoms with van der Waals surface area (Å²) in [6, 6.07) is 7.68. The van der Waals surface area contributed by atoms with Gasteiger partial charge in [0.15, 0.2) is 6.61 Å². The minimum Gasteiger partial charge on any atom is -0.455 e. The lowest BCUT2D eigenvalue weighted by Crippen LogP contribution is -2.43. The van der Waals surface area contributed by atoms with E-state index in [0.29, 0.717) is 0 Å². The topological polar surface area (TPSA) is 75.7 Å². The molecule has 0 radical (unpaired) electrons. The summed E-state index contributed by atoms with van der Waals surface area (Å²) in [7, 11) is 0. The number of hydrogen-bond acceptors (Lipinski definition) is 4. The first-order valence-electron chi connectivity index (χ1n) is 8.57. The molecule has 0 unspecified atom stereocenters. The fourth-order valence-corrected chi connectivity index (χ4v) is 2.88. The summed E-state index contributed by atoms with van der Waals surface area (Å²) in [5.74, 6) is -1.49. The average Bonchev–Trinajstić information content (AvgIpc) is 2.92. The van der Waals surface area contributed by atoms with Gasteiger partial charge in [0.2, 0.25) is 5.91 Å². The van der Waals surface area contributed by atoms with Crippen molar-refractivity contribution in [3.63, 3.8) is 0 Å². The van der Waals surface area contributed by atoms with Crippen LogP contribution in [-0.2, 0) is 25.5 Å². The molecular weight excluding hydrogens is 320 g/mol. The van der Waals surface area contributed by atoms with Crippen LogP contribution in [0.4, 0.5) is 5.69 Å². The summed E-state index contributed by atoms with van der Waals surface area (Å²) < 4.78 is 5.09. The SMILES string of the molecule is CCc1ccccc1N1C[C@H](C(=O)OCC(=O)NC(C)(C)C)CC1=O. The molecule has 1 aliphatic rings. The van der Waals surface area contributed by atoms with Crippen molar-refractivity contribution >= 4 is 23.5 Å². The Bertz CT molecular complexity index is 664. The summed E-state index contributed by atoms with van der Waals surface area (Å²) >= 11 is 0. The number of esters is 1. The molecular formula is C19H26N2O4. The number of nitrogens with zero attached hydrogens (tertiary/aromatic N) is 1. The molecule has 1 aliphatic heterocycles. The van der Waals surface area contributed by atoms with Crippen LogP contribution in [0.25, 0.3) is 0 Å². The van der Waals surface area contributed by atoms with Gasteiger partial charge in [0.05, 0.1) is 5.92 Å². The lowest BCUT2D eigenvalue weighted by atomic mass is 10.1. The molecule has 0 aromatic heterocycles. The second kappa shape index (κ2) is 7.68. The van der Waals surface area contributed by atoms with Crippen LogP contribution in [0.1, 0.15) is 39.7 Å². The second-order valence-corrected chi connectivity index (χ2v) is 7.29. The van der Waals surface area contributed by atoms with Gasteiger partial charge in [-0.3, -0.25) is 14.4 Å². The lowest BCUT2D eigenvalue weighted by molar-refractivity contribution is -0.152. The molecule has 1 aromatic rings. The number of carbonyl (C=O) groups is 3. The van der Waals surface area contributed by atoms with Gasteiger partial charge in [0.1, 0.15) is 0 Å². The monoisotopic (exact) mass is 346 g/mol. The van der Waals surface area contributed by atoms with Crippen LogP contribution < -0.4 is 10.2 Å². The van der Waals surface area contributed by atoms with E-state index in [1.807, 2.05) is 52.0 Å². The number of ether oxygens (including phenoxy) is 1. The minimum absolute atomic E-state index is 0.0954. The highest BCUT2D eigenvalue weighted by Crippen LogP contribution is 2.29. The van der Waals surface area contributed by atoms with Crippen molar-refractivity contribution in [2.45, 2.75) is 46.1 Å². The van der Waals surface area contributed by atoms with Crippen molar-refractivity contribution in [3.05, 3.63) is 29.8 Å². The van der Waals surface area contributed by atoms with Crippen molar-refractivity contribution in [2.75, 3.05) is 18.1 Å². The average molecular weight is 346 g/mol. The standard InChI is InChI=1S/C19H26N2O4/c1-5-13-8-6-7-9-15(13)21-11-14(10-17(21)23)18(24)25-12-16(22)20-19(2,3)4/h6-9,14H,5,10-12H2,1-4H3,(H,20,22)/t14-/m1/s1. The number of nitrogens with one attached hydrogen (secondary N) is 1. The zero-order valence-corrected chi connectivity index (χ0v) is 15.3. The summed E-state index contributed by atoms with van der Waals surface area (Å²) in [5, 5.41) is 2.73. The lowest BCUT2D eigenvalue weighted by Gasteiger charge is -2.21. The third kappa shape index (κ3) is 5.05. The first kappa shape index (κ1) is 19.0. The van der Waals surface area contributed by atoms with E-state index in [1.54, 1.807) is 4.90 Å². The van der Waals surface area contributed by atoms with Gasteiger partial charge >= 0.3 is 5.97 Å². The van der Waals surface area contributed by atoms with Gasteiger partial charge in [0.25, 0.3) is 5.91 Å². The maximum Gasteiger partial charge on any atom is 0.311 e. The third-order valence-electron chi connectivity index (χ3n) is 3.98. The molecule has 1 atom stereocenters. The molecule has 1 fully saturated rings. The Morgan fingerprint density at radius 2 is 1.96 bits per heavy atom. The van der Waals surface area contributed by atoms with Crippen molar-refractivity contribution in [3.8, 4) is 0 Å². The molecule has 6 heteroatoms. The predicted octanol–water partition coefficient (Wildman–Crippen LogP) is 2.06. The van der Waals surface area contributed by atoms with Crippen LogP contribution in [0, 0.1) is 5.92 Å². The van der Waals surface area contributed by atoms with Gasteiger partial charge in [-0.15, -0.1) is 0 Å². The Balaban J connectivity index is 1.95. The van der Waals surface area contributed by atoms with Crippen LogP contribution in [-0.4, -0.2) is 36.5 Å². The highest BCUT2D eigenvalue weighted by atomic mass is 16.5. The van der Waals surface area contributed by atoms with Crippen LogP contribution in [0.2, 0.25) is 0 Å². The molecule has 2 amide bonds. The van der Waals surface area contributed by atoms with E-state index in [2.05, 4.69) is 5.32 Å². The van der Waals surface area contributed by atoms with E-state index in [4.69, 9.17) is 4.74 Å². The minimum atomic E-state index is -0.542. The highest BCUT2D eigenvalue weighted by molar-refractivity contribution is 6.00. The van der Waals surface area contributed by atoms with E-state index >= 15 is 0 Å². The molecule has 1 aromatic carbocycles. The van der Waals surface area contributed by atoms with Gasteiger partial charge in [0, 0.05) is 24.2 Å². The molecule has 136 valence electrons. The molecule has 1 saturated heterocycles. The summed E-state index contributed by atoms with van der Waals surface area (Å²) in [4.78, 5) is 37.9. The zero-order valence-electron chi connectivity index (χ0n) is 15.3. The maximum atomic E-state index is 12.3. The van der Waals surface area contributed by atoms with Crippen molar-refractivity contribution in [2.24, 2.45) is 5.92 Å². The number of hydrogen-bond donors (Lipinski definition) is 1. The van der Waals surface area contributed by atoms with Crippen LogP contribution in [0.15, 0.2) is 24.3 Å². The third-order valence-corrected chi connectivity index (χ3v) is 3.98. The fourth-order valence-electron chi connectivity index (χ4n) is 2.88. The molecule has 0 saturated carbocycles. The first-order valence-corrected chi connectivity index (χ1v) is 8.57. The quantitative estimate of drug-likeness (QED) is 0.828. The van der Waals surface area contributed by atoms with E-state index in [9.17, 15) is 14.4 Å². The summed E-state index contributed by atoms with van der Waals surface area (Å²) in [5.41, 5.74) is 1.53. The molecule has 0 spiro atoms. The largest absolute Gasteiger partial charge is 0.455 e. The molecule has 1 heterocycles.